The molecule has 5 nitrogen and oxygen atoms in total. The Morgan fingerprint density at radius 3 is 2.36 bits per heavy atom. The second kappa shape index (κ2) is 8.03. The summed E-state index contributed by atoms with van der Waals surface area (Å²) in [6, 6.07) is 12.1. The van der Waals surface area contributed by atoms with Crippen LogP contribution in [0.4, 0.5) is 0 Å². The van der Waals surface area contributed by atoms with E-state index in [0.717, 1.165) is 16.0 Å². The van der Waals surface area contributed by atoms with E-state index < -0.39 is 10.0 Å². The van der Waals surface area contributed by atoms with Crippen LogP contribution in [0.1, 0.15) is 29.7 Å². The van der Waals surface area contributed by atoms with Crippen LogP contribution in [-0.2, 0) is 14.8 Å². The second-order valence-electron chi connectivity index (χ2n) is 5.96. The van der Waals surface area contributed by atoms with E-state index in [1.54, 1.807) is 12.1 Å². The fraction of sp³-hybridized carbons (Fsp3) is 0.278. The number of nitrogens with one attached hydrogen (secondary N) is 1. The van der Waals surface area contributed by atoms with Crippen molar-refractivity contribution in [1.82, 2.24) is 5.32 Å². The first-order valence-electron chi connectivity index (χ1n) is 7.79. The van der Waals surface area contributed by atoms with Crippen molar-refractivity contribution in [2.24, 2.45) is 5.14 Å². The van der Waals surface area contributed by atoms with Gasteiger partial charge >= 0.3 is 0 Å². The Morgan fingerprint density at radius 2 is 1.80 bits per heavy atom. The van der Waals surface area contributed by atoms with Gasteiger partial charge in [0.2, 0.25) is 15.9 Å². The van der Waals surface area contributed by atoms with Crippen molar-refractivity contribution in [3.63, 3.8) is 0 Å². The van der Waals surface area contributed by atoms with Gasteiger partial charge in [-0.1, -0.05) is 29.8 Å². The van der Waals surface area contributed by atoms with Gasteiger partial charge < -0.3 is 5.32 Å². The van der Waals surface area contributed by atoms with Crippen LogP contribution in [0.25, 0.3) is 0 Å². The Kier molecular flexibility index (Phi) is 6.26. The lowest BCUT2D eigenvalue weighted by Crippen LogP contribution is -2.28. The summed E-state index contributed by atoms with van der Waals surface area (Å²) in [5, 5.41) is 7.99. The lowest BCUT2D eigenvalue weighted by atomic mass is 10.1. The maximum atomic E-state index is 12.2. The van der Waals surface area contributed by atoms with E-state index in [1.807, 2.05) is 32.9 Å². The molecule has 2 aromatic rings. The molecule has 0 aliphatic carbocycles. The van der Waals surface area contributed by atoms with Gasteiger partial charge in [-0.2, -0.15) is 0 Å². The number of thioether (sulfide) groups is 1. The van der Waals surface area contributed by atoms with Gasteiger partial charge in [-0.3, -0.25) is 4.79 Å². The third-order valence-corrected chi connectivity index (χ3v) is 5.88. The quantitative estimate of drug-likeness (QED) is 0.757. The van der Waals surface area contributed by atoms with Gasteiger partial charge in [-0.25, -0.2) is 13.6 Å². The molecular formula is C18H22N2O3S2. The molecule has 2 aromatic carbocycles. The Labute approximate surface area is 153 Å². The highest BCUT2D eigenvalue weighted by Gasteiger charge is 2.12. The third-order valence-electron chi connectivity index (χ3n) is 3.78. The van der Waals surface area contributed by atoms with Crippen LogP contribution in [0, 0.1) is 13.8 Å². The van der Waals surface area contributed by atoms with Gasteiger partial charge in [0.15, 0.2) is 0 Å². The molecule has 0 aliphatic heterocycles. The number of carbonyl (C=O) groups is 1. The SMILES string of the molecule is Cc1ccc(SCC(=O)N[C@H](C)c2ccc(S(N)(=O)=O)cc2)c(C)c1. The van der Waals surface area contributed by atoms with E-state index in [9.17, 15) is 13.2 Å². The molecule has 7 heteroatoms. The van der Waals surface area contributed by atoms with Crippen LogP contribution < -0.4 is 10.5 Å². The molecule has 0 saturated heterocycles. The van der Waals surface area contributed by atoms with E-state index >= 15 is 0 Å². The van der Waals surface area contributed by atoms with Crippen LogP contribution in [-0.4, -0.2) is 20.1 Å². The molecule has 1 atom stereocenters. The summed E-state index contributed by atoms with van der Waals surface area (Å²) in [6.07, 6.45) is 0. The summed E-state index contributed by atoms with van der Waals surface area (Å²) in [4.78, 5) is 13.3. The minimum atomic E-state index is -3.71. The van der Waals surface area contributed by atoms with Gasteiger partial charge in [0.05, 0.1) is 16.7 Å². The summed E-state index contributed by atoms with van der Waals surface area (Å²) >= 11 is 1.50. The summed E-state index contributed by atoms with van der Waals surface area (Å²) in [5.74, 6) is 0.247. The normalized spacial score (nSPS) is 12.6. The number of hydrogen-bond donors (Lipinski definition) is 2. The van der Waals surface area contributed by atoms with Gasteiger partial charge in [0.25, 0.3) is 0 Å². The first-order chi connectivity index (χ1) is 11.7. The molecule has 0 fully saturated rings. The largest absolute Gasteiger partial charge is 0.349 e. The monoisotopic (exact) mass is 378 g/mol. The van der Waals surface area contributed by atoms with Crippen molar-refractivity contribution >= 4 is 27.7 Å². The van der Waals surface area contributed by atoms with Crippen LogP contribution >= 0.6 is 11.8 Å². The zero-order valence-corrected chi connectivity index (χ0v) is 16.1. The van der Waals surface area contributed by atoms with Gasteiger partial charge in [-0.15, -0.1) is 11.8 Å². The number of hydrogen-bond acceptors (Lipinski definition) is 4. The Morgan fingerprint density at radius 1 is 1.16 bits per heavy atom. The van der Waals surface area contributed by atoms with E-state index in [4.69, 9.17) is 5.14 Å². The zero-order valence-electron chi connectivity index (χ0n) is 14.4. The second-order valence-corrected chi connectivity index (χ2v) is 8.54. The van der Waals surface area contributed by atoms with Crippen LogP contribution in [0.3, 0.4) is 0 Å². The summed E-state index contributed by atoms with van der Waals surface area (Å²) in [7, 11) is -3.71. The smallest absolute Gasteiger partial charge is 0.238 e. The molecule has 0 spiro atoms. The molecule has 134 valence electrons. The standard InChI is InChI=1S/C18H22N2O3S2/c1-12-4-9-17(13(2)10-12)24-11-18(21)20-14(3)15-5-7-16(8-6-15)25(19,22)23/h4-10,14H,11H2,1-3H3,(H,20,21)(H2,19,22,23)/t14-/m1/s1. The fourth-order valence-corrected chi connectivity index (χ4v) is 3.75. The predicted molar refractivity (Wildman–Crippen MR) is 101 cm³/mol. The number of sulfonamides is 1. The number of benzene rings is 2. The first kappa shape index (κ1) is 19.5. The molecule has 0 saturated carbocycles. The van der Waals surface area contributed by atoms with Crippen molar-refractivity contribution in [3.05, 3.63) is 59.2 Å². The molecule has 0 bridgehead atoms. The molecule has 2 rings (SSSR count). The van der Waals surface area contributed by atoms with Gasteiger partial charge in [-0.05, 0) is 50.1 Å². The summed E-state index contributed by atoms with van der Waals surface area (Å²) in [6.45, 7) is 5.92. The van der Waals surface area contributed by atoms with E-state index in [-0.39, 0.29) is 16.8 Å². The van der Waals surface area contributed by atoms with Crippen LogP contribution in [0.5, 0.6) is 0 Å². The first-order valence-corrected chi connectivity index (χ1v) is 10.3. The lowest BCUT2D eigenvalue weighted by molar-refractivity contribution is -0.119. The fourth-order valence-electron chi connectivity index (χ4n) is 2.42. The average molecular weight is 379 g/mol. The van der Waals surface area contributed by atoms with Crippen LogP contribution in [0.2, 0.25) is 0 Å². The van der Waals surface area contributed by atoms with E-state index in [1.165, 1.54) is 29.5 Å². The highest BCUT2D eigenvalue weighted by molar-refractivity contribution is 8.00. The molecule has 3 N–H and O–H groups in total. The van der Waals surface area contributed by atoms with Crippen molar-refractivity contribution in [2.75, 3.05) is 5.75 Å². The third kappa shape index (κ3) is 5.59. The highest BCUT2D eigenvalue weighted by Crippen LogP contribution is 2.23. The van der Waals surface area contributed by atoms with Crippen molar-refractivity contribution in [2.45, 2.75) is 36.6 Å². The number of rotatable bonds is 6. The predicted octanol–water partition coefficient (Wildman–Crippen LogP) is 2.92. The maximum Gasteiger partial charge on any atom is 0.238 e. The molecule has 1 amide bonds. The van der Waals surface area contributed by atoms with Gasteiger partial charge in [0, 0.05) is 4.90 Å². The Bertz CT molecular complexity index is 862. The molecule has 0 unspecified atom stereocenters. The maximum absolute atomic E-state index is 12.2. The molecule has 0 aliphatic rings. The molecular weight excluding hydrogens is 356 g/mol. The molecule has 25 heavy (non-hydrogen) atoms. The molecule has 0 aromatic heterocycles. The molecule has 0 heterocycles. The summed E-state index contributed by atoms with van der Waals surface area (Å²) in [5.41, 5.74) is 3.17. The van der Waals surface area contributed by atoms with Crippen molar-refractivity contribution < 1.29 is 13.2 Å². The number of amides is 1. The Balaban J connectivity index is 1.93. The zero-order chi connectivity index (χ0) is 18.6. The number of primary sulfonamides is 1. The van der Waals surface area contributed by atoms with Gasteiger partial charge in [0.1, 0.15) is 0 Å². The molecule has 0 radical (unpaired) electrons. The Hall–Kier alpha value is -1.83. The average Bonchev–Trinajstić information content (AvgIpc) is 2.53. The summed E-state index contributed by atoms with van der Waals surface area (Å²) < 4.78 is 22.5. The van der Waals surface area contributed by atoms with Crippen molar-refractivity contribution in [3.8, 4) is 0 Å². The number of nitrogens with two attached hydrogens (primary N) is 1. The van der Waals surface area contributed by atoms with Crippen molar-refractivity contribution in [1.29, 1.82) is 0 Å². The highest BCUT2D eigenvalue weighted by atomic mass is 32.2. The van der Waals surface area contributed by atoms with E-state index in [0.29, 0.717) is 5.75 Å². The number of carbonyl (C=O) groups excluding carboxylic acids is 1. The topological polar surface area (TPSA) is 89.3 Å². The van der Waals surface area contributed by atoms with Crippen LogP contribution in [0.15, 0.2) is 52.3 Å². The number of aryl methyl sites for hydroxylation is 2. The van der Waals surface area contributed by atoms with E-state index in [2.05, 4.69) is 11.4 Å². The lowest BCUT2D eigenvalue weighted by Gasteiger charge is -2.15. The minimum Gasteiger partial charge on any atom is -0.349 e. The minimum absolute atomic E-state index is 0.0557.